The summed E-state index contributed by atoms with van der Waals surface area (Å²) in [7, 11) is 4.36. The van der Waals surface area contributed by atoms with E-state index >= 15 is 0 Å². The maximum Gasteiger partial charge on any atom is 0.0699 e. The molecule has 0 saturated heterocycles. The topological polar surface area (TPSA) is 13.0 Å². The summed E-state index contributed by atoms with van der Waals surface area (Å²) in [5, 5.41) is 9.61. The lowest BCUT2D eigenvalue weighted by atomic mass is 9.81. The third-order valence-corrected chi connectivity index (χ3v) is 16.1. The quantitative estimate of drug-likeness (QED) is 0.154. The van der Waals surface area contributed by atoms with Gasteiger partial charge in [-0.3, -0.25) is 0 Å². The van der Waals surface area contributed by atoms with E-state index in [4.69, 9.17) is 0 Å². The lowest BCUT2D eigenvalue weighted by Gasteiger charge is -2.39. The maximum absolute atomic E-state index is 2.48. The average molecular weight is 971 g/mol. The van der Waals surface area contributed by atoms with Crippen LogP contribution in [0.1, 0.15) is 0 Å². The molecule has 0 aliphatic carbocycles. The van der Waals surface area contributed by atoms with Crippen LogP contribution in [0.25, 0.3) is 87.6 Å². The van der Waals surface area contributed by atoms with Crippen LogP contribution in [-0.4, -0.2) is 14.1 Å². The molecule has 0 bridgehead atoms. The number of anilines is 10. The number of hydrogen-bond acceptors (Lipinski definition) is 4. The summed E-state index contributed by atoms with van der Waals surface area (Å²) in [6.45, 7) is 0. The molecule has 0 spiro atoms. The highest BCUT2D eigenvalue weighted by atomic mass is 15.3. The summed E-state index contributed by atoms with van der Waals surface area (Å²) in [5.41, 5.74) is 20.9. The van der Waals surface area contributed by atoms with Gasteiger partial charge in [0, 0.05) is 25.5 Å². The molecule has 13 aromatic rings. The van der Waals surface area contributed by atoms with Gasteiger partial charge in [0.1, 0.15) is 0 Å². The Labute approximate surface area is 442 Å². The summed E-state index contributed by atoms with van der Waals surface area (Å²) >= 11 is 0. The molecule has 0 N–H and O–H groups in total. The molecule has 0 unspecified atom stereocenters. The van der Waals surface area contributed by atoms with Crippen molar-refractivity contribution in [1.29, 1.82) is 0 Å². The number of fused-ring (bicyclic) bond motifs is 8. The predicted octanol–water partition coefficient (Wildman–Crippen LogP) is 20.1. The number of nitrogens with zero attached hydrogens (tertiary/aromatic N) is 4. The molecule has 15 rings (SSSR count). The van der Waals surface area contributed by atoms with Crippen LogP contribution >= 0.6 is 0 Å². The fourth-order valence-corrected chi connectivity index (χ4v) is 12.7. The molecule has 4 nitrogen and oxygen atoms in total. The van der Waals surface area contributed by atoms with Gasteiger partial charge in [0.2, 0.25) is 0 Å². The first-order chi connectivity index (χ1) is 37.6. The van der Waals surface area contributed by atoms with Crippen LogP contribution in [0.2, 0.25) is 0 Å². The van der Waals surface area contributed by atoms with Crippen LogP contribution in [0.4, 0.5) is 56.9 Å². The third-order valence-electron chi connectivity index (χ3n) is 16.1. The van der Waals surface area contributed by atoms with E-state index in [0.717, 1.165) is 56.9 Å². The second kappa shape index (κ2) is 17.4. The molecule has 0 aromatic heterocycles. The lowest BCUT2D eigenvalue weighted by molar-refractivity contribution is 1.13. The van der Waals surface area contributed by atoms with Gasteiger partial charge >= 0.3 is 0 Å². The molecule has 4 heteroatoms. The van der Waals surface area contributed by atoms with Gasteiger partial charge in [-0.2, -0.15) is 0 Å². The van der Waals surface area contributed by atoms with E-state index in [-0.39, 0.29) is 0 Å². The summed E-state index contributed by atoms with van der Waals surface area (Å²) in [6.07, 6.45) is 0. The molecule has 0 fully saturated rings. The zero-order valence-corrected chi connectivity index (χ0v) is 42.2. The molecule has 2 heterocycles. The van der Waals surface area contributed by atoms with Crippen LogP contribution in [0.15, 0.2) is 267 Å². The largest absolute Gasteiger partial charge is 0.341 e. The van der Waals surface area contributed by atoms with E-state index in [0.29, 0.717) is 0 Å². The standard InChI is InChI=1S/C72H50N4/c1-73-63-33-11-15-37-67(63)75(68-38-16-12-34-64(68)73)49-41-43-59-61(45-49)71(57-29-9-7-27-55(57)53-31-19-23-47-21-3-5-25-51(47)53)60-44-42-50(76-69-39-17-13-35-65(69)74(2)66-36-14-18-40-70(66)76)46-62(60)72(59)58-30-10-8-28-56(58)54-32-20-24-48-22-4-6-26-52(48)54/h3-46H,1-2H3. The van der Waals surface area contributed by atoms with E-state index in [1.807, 2.05) is 0 Å². The molecule has 2 aliphatic heterocycles. The van der Waals surface area contributed by atoms with Crippen molar-refractivity contribution in [2.75, 3.05) is 33.7 Å². The Morgan fingerprint density at radius 1 is 0.211 bits per heavy atom. The van der Waals surface area contributed by atoms with Crippen LogP contribution in [0.3, 0.4) is 0 Å². The van der Waals surface area contributed by atoms with Gasteiger partial charge in [0.15, 0.2) is 0 Å². The van der Waals surface area contributed by atoms with Crippen molar-refractivity contribution in [2.45, 2.75) is 0 Å². The van der Waals surface area contributed by atoms with E-state index in [1.165, 1.54) is 87.6 Å². The van der Waals surface area contributed by atoms with Crippen molar-refractivity contribution in [1.82, 2.24) is 0 Å². The lowest BCUT2D eigenvalue weighted by Crippen LogP contribution is -2.24. The molecule has 0 amide bonds. The average Bonchev–Trinajstić information content (AvgIpc) is 3.49. The van der Waals surface area contributed by atoms with Gasteiger partial charge in [-0.05, 0) is 160 Å². The Hall–Kier alpha value is -9.90. The zero-order chi connectivity index (χ0) is 50.4. The van der Waals surface area contributed by atoms with E-state index in [2.05, 4.69) is 301 Å². The summed E-state index contributed by atoms with van der Waals surface area (Å²) < 4.78 is 0. The van der Waals surface area contributed by atoms with Crippen molar-refractivity contribution in [3.8, 4) is 44.5 Å². The van der Waals surface area contributed by atoms with Crippen LogP contribution < -0.4 is 19.6 Å². The Morgan fingerprint density at radius 3 is 0.882 bits per heavy atom. The fourth-order valence-electron chi connectivity index (χ4n) is 12.7. The van der Waals surface area contributed by atoms with Crippen LogP contribution in [-0.2, 0) is 0 Å². The minimum Gasteiger partial charge on any atom is -0.341 e. The van der Waals surface area contributed by atoms with Crippen molar-refractivity contribution in [3.63, 3.8) is 0 Å². The van der Waals surface area contributed by atoms with Crippen molar-refractivity contribution in [2.24, 2.45) is 0 Å². The molecule has 0 atom stereocenters. The molecule has 0 saturated carbocycles. The first-order valence-electron chi connectivity index (χ1n) is 26.2. The fraction of sp³-hybridized carbons (Fsp3) is 0.0278. The SMILES string of the molecule is CN1c2ccccc2N(c2ccc3c(-c4ccccc4-c4cccc5ccccc45)c4cc(N5c6ccccc6N(C)c6ccccc65)ccc4c(-c4ccccc4-c4cccc5ccccc45)c3c2)c2ccccc21. The molecular weight excluding hydrogens is 921 g/mol. The maximum atomic E-state index is 2.48. The Bertz CT molecular complexity index is 4100. The van der Waals surface area contributed by atoms with E-state index in [1.54, 1.807) is 0 Å². The number of para-hydroxylation sites is 8. The van der Waals surface area contributed by atoms with Gasteiger partial charge < -0.3 is 19.6 Å². The van der Waals surface area contributed by atoms with Gasteiger partial charge in [0.05, 0.1) is 45.5 Å². The molecule has 0 radical (unpaired) electrons. The molecular formula is C72H50N4. The Balaban J connectivity index is 1.10. The van der Waals surface area contributed by atoms with Crippen LogP contribution in [0, 0.1) is 0 Å². The monoisotopic (exact) mass is 970 g/mol. The van der Waals surface area contributed by atoms with E-state index < -0.39 is 0 Å². The summed E-state index contributed by atoms with van der Waals surface area (Å²) in [5.74, 6) is 0. The first kappa shape index (κ1) is 43.7. The summed E-state index contributed by atoms with van der Waals surface area (Å²) in [4.78, 5) is 9.56. The second-order valence-corrected chi connectivity index (χ2v) is 20.1. The van der Waals surface area contributed by atoms with Crippen molar-refractivity contribution in [3.05, 3.63) is 267 Å². The number of hydrogen-bond donors (Lipinski definition) is 0. The second-order valence-electron chi connectivity index (χ2n) is 20.1. The first-order valence-corrected chi connectivity index (χ1v) is 26.2. The zero-order valence-electron chi connectivity index (χ0n) is 42.2. The van der Waals surface area contributed by atoms with Crippen molar-refractivity contribution >= 4 is 100.0 Å². The molecule has 13 aromatic carbocycles. The minimum absolute atomic E-state index is 1.10. The summed E-state index contributed by atoms with van der Waals surface area (Å²) in [6, 6.07) is 98.9. The number of benzene rings is 13. The van der Waals surface area contributed by atoms with Gasteiger partial charge in [-0.25, -0.2) is 0 Å². The minimum atomic E-state index is 1.10. The normalized spacial score (nSPS) is 12.8. The highest BCUT2D eigenvalue weighted by molar-refractivity contribution is 6.25. The highest BCUT2D eigenvalue weighted by Gasteiger charge is 2.31. The van der Waals surface area contributed by atoms with E-state index in [9.17, 15) is 0 Å². The third kappa shape index (κ3) is 6.64. The molecule has 76 heavy (non-hydrogen) atoms. The smallest absolute Gasteiger partial charge is 0.0699 e. The number of rotatable bonds is 6. The molecule has 2 aliphatic rings. The highest BCUT2D eigenvalue weighted by Crippen LogP contribution is 2.56. The Kier molecular flexibility index (Phi) is 9.98. The predicted molar refractivity (Wildman–Crippen MR) is 324 cm³/mol. The van der Waals surface area contributed by atoms with Gasteiger partial charge in [0.25, 0.3) is 0 Å². The Morgan fingerprint density at radius 2 is 0.500 bits per heavy atom. The van der Waals surface area contributed by atoms with Crippen LogP contribution in [0.5, 0.6) is 0 Å². The molecule has 358 valence electrons. The van der Waals surface area contributed by atoms with Gasteiger partial charge in [-0.15, -0.1) is 0 Å². The van der Waals surface area contributed by atoms with Gasteiger partial charge in [-0.1, -0.05) is 194 Å². The van der Waals surface area contributed by atoms with Crippen molar-refractivity contribution < 1.29 is 0 Å².